The first kappa shape index (κ1) is 17.1. The lowest BCUT2D eigenvalue weighted by Crippen LogP contribution is -2.45. The highest BCUT2D eigenvalue weighted by Crippen LogP contribution is 2.29. The molecule has 0 aliphatic heterocycles. The number of hydrogen-bond donors (Lipinski definition) is 0. The second-order valence-electron chi connectivity index (χ2n) is 6.74. The van der Waals surface area contributed by atoms with Gasteiger partial charge in [0.15, 0.2) is 0 Å². The van der Waals surface area contributed by atoms with Crippen LogP contribution in [0.4, 0.5) is 0 Å². The maximum Gasteiger partial charge on any atom is 0.226 e. The van der Waals surface area contributed by atoms with Crippen LogP contribution in [-0.2, 0) is 16.1 Å². The summed E-state index contributed by atoms with van der Waals surface area (Å²) in [6.07, 6.45) is 5.81. The van der Waals surface area contributed by atoms with Crippen molar-refractivity contribution < 1.29 is 13.9 Å². The van der Waals surface area contributed by atoms with Gasteiger partial charge in [-0.15, -0.1) is 0 Å². The van der Waals surface area contributed by atoms with Crippen molar-refractivity contribution in [3.05, 3.63) is 24.2 Å². The topological polar surface area (TPSA) is 42.7 Å². The second-order valence-corrected chi connectivity index (χ2v) is 6.74. The Kier molecular flexibility index (Phi) is 6.07. The third-order valence-corrected chi connectivity index (χ3v) is 5.00. The van der Waals surface area contributed by atoms with Gasteiger partial charge in [-0.3, -0.25) is 4.79 Å². The zero-order valence-corrected chi connectivity index (χ0v) is 14.2. The van der Waals surface area contributed by atoms with E-state index in [1.165, 1.54) is 0 Å². The van der Waals surface area contributed by atoms with E-state index in [0.29, 0.717) is 18.6 Å². The molecule has 1 atom stereocenters. The van der Waals surface area contributed by atoms with Crippen LogP contribution in [-0.4, -0.2) is 30.1 Å². The standard InChI is InChI=1S/C18H29NO3/c1-13(2)14(3)19(12-17-6-5-11-22-17)18(20)15-7-9-16(21-4)10-8-15/h5-6,11,13-16H,7-10,12H2,1-4H3/t14-,15?,16?/m0/s1. The van der Waals surface area contributed by atoms with Crippen LogP contribution in [0.3, 0.4) is 0 Å². The summed E-state index contributed by atoms with van der Waals surface area (Å²) in [6.45, 7) is 7.02. The van der Waals surface area contributed by atoms with Gasteiger partial charge in [0, 0.05) is 19.1 Å². The average molecular weight is 307 g/mol. The van der Waals surface area contributed by atoms with Crippen molar-refractivity contribution in [2.24, 2.45) is 11.8 Å². The zero-order chi connectivity index (χ0) is 16.1. The Morgan fingerprint density at radius 3 is 2.50 bits per heavy atom. The minimum absolute atomic E-state index is 0.127. The molecule has 1 aliphatic rings. The van der Waals surface area contributed by atoms with Crippen LogP contribution < -0.4 is 0 Å². The Bertz CT molecular complexity index is 447. The zero-order valence-electron chi connectivity index (χ0n) is 14.2. The summed E-state index contributed by atoms with van der Waals surface area (Å²) in [6, 6.07) is 4.02. The van der Waals surface area contributed by atoms with Crippen molar-refractivity contribution in [3.63, 3.8) is 0 Å². The fourth-order valence-corrected chi connectivity index (χ4v) is 3.13. The average Bonchev–Trinajstić information content (AvgIpc) is 3.04. The first-order valence-electron chi connectivity index (χ1n) is 8.38. The van der Waals surface area contributed by atoms with Crippen molar-refractivity contribution in [3.8, 4) is 0 Å². The fourth-order valence-electron chi connectivity index (χ4n) is 3.13. The first-order valence-corrected chi connectivity index (χ1v) is 8.38. The number of hydrogen-bond acceptors (Lipinski definition) is 3. The van der Waals surface area contributed by atoms with Crippen LogP contribution >= 0.6 is 0 Å². The number of carbonyl (C=O) groups excluding carboxylic acids is 1. The molecule has 1 aromatic heterocycles. The summed E-state index contributed by atoms with van der Waals surface area (Å²) in [5, 5.41) is 0. The maximum atomic E-state index is 13.0. The van der Waals surface area contributed by atoms with Crippen molar-refractivity contribution in [1.82, 2.24) is 4.90 Å². The number of nitrogens with zero attached hydrogens (tertiary/aromatic N) is 1. The summed E-state index contributed by atoms with van der Waals surface area (Å²) in [5.74, 6) is 1.68. The van der Waals surface area contributed by atoms with Gasteiger partial charge in [0.1, 0.15) is 5.76 Å². The van der Waals surface area contributed by atoms with E-state index in [2.05, 4.69) is 20.8 Å². The SMILES string of the molecule is COC1CCC(C(=O)N(Cc2ccco2)[C@@H](C)C(C)C)CC1. The van der Waals surface area contributed by atoms with E-state index in [1.54, 1.807) is 13.4 Å². The number of rotatable bonds is 6. The predicted molar refractivity (Wildman–Crippen MR) is 86.3 cm³/mol. The molecule has 1 fully saturated rings. The highest BCUT2D eigenvalue weighted by molar-refractivity contribution is 5.79. The Morgan fingerprint density at radius 2 is 2.00 bits per heavy atom. The van der Waals surface area contributed by atoms with Crippen molar-refractivity contribution in [1.29, 1.82) is 0 Å². The molecule has 0 bridgehead atoms. The monoisotopic (exact) mass is 307 g/mol. The van der Waals surface area contributed by atoms with Crippen molar-refractivity contribution in [2.75, 3.05) is 7.11 Å². The van der Waals surface area contributed by atoms with E-state index in [9.17, 15) is 4.79 Å². The highest BCUT2D eigenvalue weighted by Gasteiger charge is 2.32. The summed E-state index contributed by atoms with van der Waals surface area (Å²) in [5.41, 5.74) is 0. The number of carbonyl (C=O) groups is 1. The van der Waals surface area contributed by atoms with Gasteiger partial charge in [-0.25, -0.2) is 0 Å². The molecule has 1 aromatic rings. The first-order chi connectivity index (χ1) is 10.5. The lowest BCUT2D eigenvalue weighted by molar-refractivity contribution is -0.141. The summed E-state index contributed by atoms with van der Waals surface area (Å²) < 4.78 is 10.9. The lowest BCUT2D eigenvalue weighted by Gasteiger charge is -2.36. The van der Waals surface area contributed by atoms with E-state index in [0.717, 1.165) is 31.4 Å². The molecule has 4 heteroatoms. The lowest BCUT2D eigenvalue weighted by atomic mass is 9.85. The van der Waals surface area contributed by atoms with Crippen LogP contribution in [0.15, 0.2) is 22.8 Å². The Morgan fingerprint density at radius 1 is 1.32 bits per heavy atom. The molecule has 0 saturated heterocycles. The van der Waals surface area contributed by atoms with E-state index in [4.69, 9.17) is 9.15 Å². The second kappa shape index (κ2) is 7.82. The van der Waals surface area contributed by atoms with Crippen LogP contribution in [0, 0.1) is 11.8 Å². The van der Waals surface area contributed by atoms with E-state index < -0.39 is 0 Å². The van der Waals surface area contributed by atoms with Crippen molar-refractivity contribution in [2.45, 2.75) is 65.1 Å². The van der Waals surface area contributed by atoms with Gasteiger partial charge in [-0.05, 0) is 50.7 Å². The number of methoxy groups -OCH3 is 1. The van der Waals surface area contributed by atoms with Crippen molar-refractivity contribution >= 4 is 5.91 Å². The van der Waals surface area contributed by atoms with Gasteiger partial charge in [0.2, 0.25) is 5.91 Å². The van der Waals surface area contributed by atoms with Gasteiger partial charge < -0.3 is 14.1 Å². The quantitative estimate of drug-likeness (QED) is 0.801. The third-order valence-electron chi connectivity index (χ3n) is 5.00. The molecule has 1 saturated carbocycles. The van der Waals surface area contributed by atoms with Crippen LogP contribution in [0.1, 0.15) is 52.2 Å². The van der Waals surface area contributed by atoms with Crippen LogP contribution in [0.2, 0.25) is 0 Å². The summed E-state index contributed by atoms with van der Waals surface area (Å²) in [7, 11) is 1.76. The normalized spacial score (nSPS) is 23.5. The molecule has 0 N–H and O–H groups in total. The van der Waals surface area contributed by atoms with Gasteiger partial charge in [-0.1, -0.05) is 13.8 Å². The Labute approximate surface area is 133 Å². The fraction of sp³-hybridized carbons (Fsp3) is 0.722. The minimum atomic E-state index is 0.127. The molecule has 1 amide bonds. The van der Waals surface area contributed by atoms with E-state index in [1.807, 2.05) is 17.0 Å². The Hall–Kier alpha value is -1.29. The number of furan rings is 1. The Balaban J connectivity index is 2.05. The smallest absolute Gasteiger partial charge is 0.226 e. The number of ether oxygens (including phenoxy) is 1. The maximum absolute atomic E-state index is 13.0. The van der Waals surface area contributed by atoms with E-state index >= 15 is 0 Å². The predicted octanol–water partition coefficient (Wildman–Crippen LogP) is 3.86. The van der Waals surface area contributed by atoms with E-state index in [-0.39, 0.29) is 17.9 Å². The third kappa shape index (κ3) is 4.13. The molecular weight excluding hydrogens is 278 g/mol. The van der Waals surface area contributed by atoms with Gasteiger partial charge in [0.05, 0.1) is 18.9 Å². The minimum Gasteiger partial charge on any atom is -0.467 e. The molecule has 0 unspecified atom stereocenters. The molecule has 1 aliphatic carbocycles. The summed E-state index contributed by atoms with van der Waals surface area (Å²) >= 11 is 0. The molecule has 124 valence electrons. The molecule has 0 radical (unpaired) electrons. The number of amides is 1. The van der Waals surface area contributed by atoms with Gasteiger partial charge >= 0.3 is 0 Å². The molecule has 0 spiro atoms. The van der Waals surface area contributed by atoms with Gasteiger partial charge in [0.25, 0.3) is 0 Å². The summed E-state index contributed by atoms with van der Waals surface area (Å²) in [4.78, 5) is 15.0. The molecule has 4 nitrogen and oxygen atoms in total. The van der Waals surface area contributed by atoms with Crippen LogP contribution in [0.25, 0.3) is 0 Å². The molecule has 1 heterocycles. The molecular formula is C18H29NO3. The van der Waals surface area contributed by atoms with Gasteiger partial charge in [-0.2, -0.15) is 0 Å². The highest BCUT2D eigenvalue weighted by atomic mass is 16.5. The largest absolute Gasteiger partial charge is 0.467 e. The molecule has 2 rings (SSSR count). The van der Waals surface area contributed by atoms with Crippen LogP contribution in [0.5, 0.6) is 0 Å². The molecule has 0 aromatic carbocycles. The molecule has 22 heavy (non-hydrogen) atoms.